The van der Waals surface area contributed by atoms with Gasteiger partial charge in [0.2, 0.25) is 10.0 Å². The lowest BCUT2D eigenvalue weighted by Crippen LogP contribution is -2.41. The van der Waals surface area contributed by atoms with E-state index in [-0.39, 0.29) is 17.6 Å². The smallest absolute Gasteiger partial charge is 0.257 e. The molecule has 0 saturated carbocycles. The lowest BCUT2D eigenvalue weighted by Gasteiger charge is -2.31. The number of furan rings is 1. The molecule has 0 radical (unpaired) electrons. The van der Waals surface area contributed by atoms with Crippen molar-refractivity contribution in [1.82, 2.24) is 9.62 Å². The van der Waals surface area contributed by atoms with Crippen LogP contribution in [0.4, 0.5) is 4.39 Å². The second-order valence-electron chi connectivity index (χ2n) is 6.49. The van der Waals surface area contributed by atoms with Crippen LogP contribution < -0.4 is 4.72 Å². The highest BCUT2D eigenvalue weighted by Gasteiger charge is 2.25. The maximum atomic E-state index is 13.2. The highest BCUT2D eigenvalue weighted by Crippen LogP contribution is 2.19. The topological polar surface area (TPSA) is 79.6 Å². The largest absolute Gasteiger partial charge is 0.472 e. The number of rotatable bonds is 6. The molecule has 6 nitrogen and oxygen atoms in total. The van der Waals surface area contributed by atoms with Crippen molar-refractivity contribution < 1.29 is 22.0 Å². The van der Waals surface area contributed by atoms with Gasteiger partial charge in [0.25, 0.3) is 5.91 Å². The molecule has 1 N–H and O–H groups in total. The summed E-state index contributed by atoms with van der Waals surface area (Å²) in [6, 6.07) is 7.21. The SMILES string of the molecule is O=C(c1ccoc1)N1CCC(CNS(=O)(=O)Cc2cccc(F)c2)CC1. The molecule has 0 unspecified atom stereocenters. The van der Waals surface area contributed by atoms with E-state index in [0.717, 1.165) is 12.8 Å². The number of hydrogen-bond acceptors (Lipinski definition) is 4. The molecule has 0 spiro atoms. The Morgan fingerprint density at radius 1 is 1.27 bits per heavy atom. The standard InChI is InChI=1S/C18H21FN2O4S/c19-17-3-1-2-15(10-17)13-26(23,24)20-11-14-4-7-21(8-5-14)18(22)16-6-9-25-12-16/h1-3,6,9-10,12,14,20H,4-5,7-8,11,13H2. The van der Waals surface area contributed by atoms with Gasteiger partial charge in [-0.15, -0.1) is 0 Å². The number of hydrogen-bond donors (Lipinski definition) is 1. The normalized spacial score (nSPS) is 16.0. The first-order valence-electron chi connectivity index (χ1n) is 8.46. The van der Waals surface area contributed by atoms with Gasteiger partial charge in [0.1, 0.15) is 12.1 Å². The van der Waals surface area contributed by atoms with E-state index in [1.807, 2.05) is 0 Å². The van der Waals surface area contributed by atoms with Crippen LogP contribution in [0.25, 0.3) is 0 Å². The van der Waals surface area contributed by atoms with Crippen molar-refractivity contribution in [3.05, 3.63) is 59.8 Å². The van der Waals surface area contributed by atoms with E-state index in [2.05, 4.69) is 4.72 Å². The minimum atomic E-state index is -3.53. The third-order valence-electron chi connectivity index (χ3n) is 4.51. The molecule has 1 amide bonds. The van der Waals surface area contributed by atoms with Crippen LogP contribution in [0.2, 0.25) is 0 Å². The summed E-state index contributed by atoms with van der Waals surface area (Å²) in [6.07, 6.45) is 4.35. The van der Waals surface area contributed by atoms with Gasteiger partial charge in [-0.25, -0.2) is 17.5 Å². The molecule has 1 aromatic carbocycles. The fourth-order valence-corrected chi connectivity index (χ4v) is 4.26. The molecule has 26 heavy (non-hydrogen) atoms. The molecule has 0 aliphatic carbocycles. The molecule has 2 heterocycles. The molecule has 0 atom stereocenters. The summed E-state index contributed by atoms with van der Waals surface area (Å²) < 4.78 is 45.0. The molecule has 1 aromatic heterocycles. The zero-order chi connectivity index (χ0) is 18.6. The van der Waals surface area contributed by atoms with Crippen LogP contribution in [0.15, 0.2) is 47.3 Å². The van der Waals surface area contributed by atoms with Gasteiger partial charge in [-0.3, -0.25) is 4.79 Å². The summed E-state index contributed by atoms with van der Waals surface area (Å²) in [5, 5.41) is 0. The quantitative estimate of drug-likeness (QED) is 0.835. The Bertz CT molecular complexity index is 844. The predicted octanol–water partition coefficient (Wildman–Crippen LogP) is 2.39. The van der Waals surface area contributed by atoms with E-state index >= 15 is 0 Å². The molecule has 0 bridgehead atoms. The monoisotopic (exact) mass is 380 g/mol. The van der Waals surface area contributed by atoms with Gasteiger partial charge in [0.05, 0.1) is 17.6 Å². The number of carbonyl (C=O) groups is 1. The summed E-state index contributed by atoms with van der Waals surface area (Å²) in [5.74, 6) is -0.593. The van der Waals surface area contributed by atoms with Crippen molar-refractivity contribution in [2.45, 2.75) is 18.6 Å². The summed E-state index contributed by atoms with van der Waals surface area (Å²) in [4.78, 5) is 14.0. The van der Waals surface area contributed by atoms with Gasteiger partial charge < -0.3 is 9.32 Å². The van der Waals surface area contributed by atoms with E-state index in [0.29, 0.717) is 30.8 Å². The van der Waals surface area contributed by atoms with Gasteiger partial charge in [0, 0.05) is 19.6 Å². The molecule has 1 fully saturated rings. The number of amides is 1. The number of carbonyl (C=O) groups excluding carboxylic acids is 1. The first kappa shape index (κ1) is 18.6. The van der Waals surface area contributed by atoms with Crippen LogP contribution in [0.5, 0.6) is 0 Å². The maximum absolute atomic E-state index is 13.2. The zero-order valence-corrected chi connectivity index (χ0v) is 15.0. The van der Waals surface area contributed by atoms with Crippen molar-refractivity contribution >= 4 is 15.9 Å². The Morgan fingerprint density at radius 3 is 2.69 bits per heavy atom. The second kappa shape index (κ2) is 8.01. The van der Waals surface area contributed by atoms with Crippen LogP contribution in [-0.2, 0) is 15.8 Å². The van der Waals surface area contributed by atoms with Crippen molar-refractivity contribution in [1.29, 1.82) is 0 Å². The minimum Gasteiger partial charge on any atom is -0.472 e. The molecule has 1 saturated heterocycles. The van der Waals surface area contributed by atoms with Gasteiger partial charge in [0.15, 0.2) is 0 Å². The second-order valence-corrected chi connectivity index (χ2v) is 8.29. The number of piperidine rings is 1. The average molecular weight is 380 g/mol. The van der Waals surface area contributed by atoms with E-state index in [9.17, 15) is 17.6 Å². The number of likely N-dealkylation sites (tertiary alicyclic amines) is 1. The van der Waals surface area contributed by atoms with E-state index in [1.165, 1.54) is 30.7 Å². The molecule has 140 valence electrons. The molecular weight excluding hydrogens is 359 g/mol. The van der Waals surface area contributed by atoms with Crippen molar-refractivity contribution in [3.63, 3.8) is 0 Å². The number of benzene rings is 1. The molecular formula is C18H21FN2O4S. The van der Waals surface area contributed by atoms with Gasteiger partial charge in [-0.05, 0) is 42.5 Å². The Hall–Kier alpha value is -2.19. The van der Waals surface area contributed by atoms with Crippen LogP contribution >= 0.6 is 0 Å². The fourth-order valence-electron chi connectivity index (χ4n) is 3.05. The summed E-state index contributed by atoms with van der Waals surface area (Å²) in [5.41, 5.74) is 0.942. The number of halogens is 1. The van der Waals surface area contributed by atoms with Crippen molar-refractivity contribution in [2.75, 3.05) is 19.6 Å². The third-order valence-corrected chi connectivity index (χ3v) is 5.83. The highest BCUT2D eigenvalue weighted by molar-refractivity contribution is 7.88. The Kier molecular flexibility index (Phi) is 5.73. The fraction of sp³-hybridized carbons (Fsp3) is 0.389. The lowest BCUT2D eigenvalue weighted by molar-refractivity contribution is 0.0691. The third kappa shape index (κ3) is 4.92. The number of nitrogens with zero attached hydrogens (tertiary/aromatic N) is 1. The zero-order valence-electron chi connectivity index (χ0n) is 14.2. The Balaban J connectivity index is 1.46. The minimum absolute atomic E-state index is 0.0658. The number of nitrogens with one attached hydrogen (secondary N) is 1. The lowest BCUT2D eigenvalue weighted by atomic mass is 9.97. The van der Waals surface area contributed by atoms with E-state index < -0.39 is 15.8 Å². The molecule has 1 aliphatic rings. The van der Waals surface area contributed by atoms with Crippen molar-refractivity contribution in [2.24, 2.45) is 5.92 Å². The van der Waals surface area contributed by atoms with Crippen LogP contribution in [0.1, 0.15) is 28.8 Å². The van der Waals surface area contributed by atoms with E-state index in [4.69, 9.17) is 4.42 Å². The summed E-state index contributed by atoms with van der Waals surface area (Å²) in [7, 11) is -3.53. The van der Waals surface area contributed by atoms with Crippen LogP contribution in [0.3, 0.4) is 0 Å². The molecule has 8 heteroatoms. The first-order valence-corrected chi connectivity index (χ1v) is 10.1. The van der Waals surface area contributed by atoms with Gasteiger partial charge >= 0.3 is 0 Å². The average Bonchev–Trinajstić information content (AvgIpc) is 3.14. The molecule has 1 aliphatic heterocycles. The molecule has 3 rings (SSSR count). The number of sulfonamides is 1. The van der Waals surface area contributed by atoms with E-state index in [1.54, 1.807) is 17.0 Å². The van der Waals surface area contributed by atoms with Crippen molar-refractivity contribution in [3.8, 4) is 0 Å². The predicted molar refractivity (Wildman–Crippen MR) is 94.4 cm³/mol. The van der Waals surface area contributed by atoms with Crippen LogP contribution in [0, 0.1) is 11.7 Å². The Labute approximate surface area is 152 Å². The van der Waals surface area contributed by atoms with Crippen LogP contribution in [-0.4, -0.2) is 38.9 Å². The summed E-state index contributed by atoms with van der Waals surface area (Å²) >= 11 is 0. The first-order chi connectivity index (χ1) is 12.4. The highest BCUT2D eigenvalue weighted by atomic mass is 32.2. The molecule has 2 aromatic rings. The maximum Gasteiger partial charge on any atom is 0.257 e. The summed E-state index contributed by atoms with van der Waals surface area (Å²) in [6.45, 7) is 1.49. The Morgan fingerprint density at radius 2 is 2.04 bits per heavy atom. The van der Waals surface area contributed by atoms with Gasteiger partial charge in [-0.2, -0.15) is 0 Å². The van der Waals surface area contributed by atoms with Gasteiger partial charge in [-0.1, -0.05) is 12.1 Å².